The molecule has 8 nitrogen and oxygen atoms in total. The largest absolute Gasteiger partial charge is 0.462 e. The number of anilines is 3. The second kappa shape index (κ2) is 8.19. The number of hydrogen-bond donors (Lipinski definition) is 2. The van der Waals surface area contributed by atoms with Crippen LogP contribution in [-0.4, -0.2) is 39.3 Å². The predicted molar refractivity (Wildman–Crippen MR) is 99.6 cm³/mol. The van der Waals surface area contributed by atoms with Crippen molar-refractivity contribution in [3.05, 3.63) is 42.2 Å². The lowest BCUT2D eigenvalue weighted by molar-refractivity contribution is 0.0526. The van der Waals surface area contributed by atoms with Crippen LogP contribution in [-0.2, 0) is 4.74 Å². The van der Waals surface area contributed by atoms with Gasteiger partial charge in [0.2, 0.25) is 5.95 Å². The molecule has 2 N–H and O–H groups in total. The van der Waals surface area contributed by atoms with Crippen LogP contribution in [0, 0.1) is 0 Å². The number of fused-ring (bicyclic) bond motifs is 1. The maximum absolute atomic E-state index is 12.1. The zero-order valence-electron chi connectivity index (χ0n) is 14.7. The van der Waals surface area contributed by atoms with E-state index in [0.29, 0.717) is 30.5 Å². The first-order valence-electron chi connectivity index (χ1n) is 8.47. The standard InChI is InChI=1S/C18H20N6O2/c1-3-8-19-16-14(17(25)26-4-2)11-20-18(23-16)22-13-5-6-15-12(10-13)7-9-21-24-15/h5-7,9-11H,3-4,8H2,1-2H3,(H2,19,20,22,23). The van der Waals surface area contributed by atoms with Crippen molar-refractivity contribution in [3.8, 4) is 0 Å². The highest BCUT2D eigenvalue weighted by Gasteiger charge is 2.15. The first-order chi connectivity index (χ1) is 12.7. The van der Waals surface area contributed by atoms with Gasteiger partial charge in [-0.3, -0.25) is 0 Å². The minimum absolute atomic E-state index is 0.298. The quantitative estimate of drug-likeness (QED) is 0.625. The number of nitrogens with one attached hydrogen (secondary N) is 2. The molecule has 0 aliphatic carbocycles. The van der Waals surface area contributed by atoms with Gasteiger partial charge in [-0.15, -0.1) is 0 Å². The van der Waals surface area contributed by atoms with Crippen molar-refractivity contribution in [2.75, 3.05) is 23.8 Å². The normalized spacial score (nSPS) is 10.5. The Bertz CT molecular complexity index is 915. The maximum atomic E-state index is 12.1. The van der Waals surface area contributed by atoms with E-state index in [1.54, 1.807) is 13.1 Å². The third-order valence-electron chi connectivity index (χ3n) is 3.60. The molecule has 0 atom stereocenters. The molecule has 2 heterocycles. The second-order valence-electron chi connectivity index (χ2n) is 5.53. The number of carbonyl (C=O) groups is 1. The highest BCUT2D eigenvalue weighted by molar-refractivity contribution is 5.94. The van der Waals surface area contributed by atoms with Crippen molar-refractivity contribution < 1.29 is 9.53 Å². The molecule has 0 amide bonds. The topological polar surface area (TPSA) is 102 Å². The first kappa shape index (κ1) is 17.5. The van der Waals surface area contributed by atoms with Gasteiger partial charge in [0.15, 0.2) is 0 Å². The van der Waals surface area contributed by atoms with Crippen molar-refractivity contribution in [2.24, 2.45) is 0 Å². The molecule has 0 aliphatic heterocycles. The number of rotatable bonds is 7. The van der Waals surface area contributed by atoms with E-state index in [1.807, 2.05) is 31.2 Å². The lowest BCUT2D eigenvalue weighted by atomic mass is 10.2. The second-order valence-corrected chi connectivity index (χ2v) is 5.53. The fourth-order valence-corrected chi connectivity index (χ4v) is 2.37. The monoisotopic (exact) mass is 352 g/mol. The summed E-state index contributed by atoms with van der Waals surface area (Å²) < 4.78 is 5.06. The molecule has 134 valence electrons. The van der Waals surface area contributed by atoms with Gasteiger partial charge < -0.3 is 15.4 Å². The molecular weight excluding hydrogens is 332 g/mol. The van der Waals surface area contributed by atoms with Gasteiger partial charge in [0, 0.05) is 23.8 Å². The molecule has 0 saturated carbocycles. The average molecular weight is 352 g/mol. The van der Waals surface area contributed by atoms with E-state index in [1.165, 1.54) is 6.20 Å². The van der Waals surface area contributed by atoms with Crippen molar-refractivity contribution in [3.63, 3.8) is 0 Å². The minimum Gasteiger partial charge on any atom is -0.462 e. The van der Waals surface area contributed by atoms with Crippen LogP contribution in [0.3, 0.4) is 0 Å². The van der Waals surface area contributed by atoms with Crippen LogP contribution >= 0.6 is 0 Å². The Hall–Kier alpha value is -3.29. The van der Waals surface area contributed by atoms with E-state index in [0.717, 1.165) is 23.0 Å². The zero-order chi connectivity index (χ0) is 18.4. The molecule has 0 aliphatic rings. The van der Waals surface area contributed by atoms with Crippen LogP contribution in [0.2, 0.25) is 0 Å². The van der Waals surface area contributed by atoms with Crippen LogP contribution in [0.1, 0.15) is 30.6 Å². The molecule has 0 spiro atoms. The van der Waals surface area contributed by atoms with Crippen molar-refractivity contribution >= 4 is 34.3 Å². The number of aromatic nitrogens is 4. The Morgan fingerprint density at radius 2 is 2.12 bits per heavy atom. The third-order valence-corrected chi connectivity index (χ3v) is 3.60. The fraction of sp³-hybridized carbons (Fsp3) is 0.278. The summed E-state index contributed by atoms with van der Waals surface area (Å²) >= 11 is 0. The molecule has 3 rings (SSSR count). The van der Waals surface area contributed by atoms with E-state index in [9.17, 15) is 4.79 Å². The summed E-state index contributed by atoms with van der Waals surface area (Å²) in [7, 11) is 0. The lowest BCUT2D eigenvalue weighted by Gasteiger charge is -2.12. The van der Waals surface area contributed by atoms with Crippen LogP contribution in [0.25, 0.3) is 10.9 Å². The Balaban J connectivity index is 1.87. The van der Waals surface area contributed by atoms with Crippen LogP contribution in [0.15, 0.2) is 36.7 Å². The van der Waals surface area contributed by atoms with Gasteiger partial charge in [-0.2, -0.15) is 15.2 Å². The molecule has 26 heavy (non-hydrogen) atoms. The van der Waals surface area contributed by atoms with Gasteiger partial charge in [0.05, 0.1) is 18.3 Å². The zero-order valence-corrected chi connectivity index (χ0v) is 14.7. The van der Waals surface area contributed by atoms with E-state index in [-0.39, 0.29) is 0 Å². The number of nitrogens with zero attached hydrogens (tertiary/aromatic N) is 4. The molecular formula is C18H20N6O2. The molecule has 0 saturated heterocycles. The molecule has 8 heteroatoms. The van der Waals surface area contributed by atoms with E-state index < -0.39 is 5.97 Å². The van der Waals surface area contributed by atoms with Gasteiger partial charge in [-0.1, -0.05) is 6.92 Å². The molecule has 1 aromatic carbocycles. The van der Waals surface area contributed by atoms with Crippen molar-refractivity contribution in [1.82, 2.24) is 20.2 Å². The summed E-state index contributed by atoms with van der Waals surface area (Å²) in [5.41, 5.74) is 1.94. The molecule has 0 unspecified atom stereocenters. The van der Waals surface area contributed by atoms with Crippen LogP contribution < -0.4 is 10.6 Å². The molecule has 3 aromatic rings. The average Bonchev–Trinajstić information content (AvgIpc) is 2.66. The van der Waals surface area contributed by atoms with Gasteiger partial charge in [0.1, 0.15) is 11.4 Å². The minimum atomic E-state index is -0.443. The fourth-order valence-electron chi connectivity index (χ4n) is 2.37. The summed E-state index contributed by atoms with van der Waals surface area (Å²) in [6.45, 7) is 4.79. The van der Waals surface area contributed by atoms with Gasteiger partial charge in [-0.05, 0) is 37.6 Å². The summed E-state index contributed by atoms with van der Waals surface area (Å²) in [6.07, 6.45) is 4.02. The lowest BCUT2D eigenvalue weighted by Crippen LogP contribution is -2.13. The molecule has 0 radical (unpaired) electrons. The SMILES string of the molecule is CCCNc1nc(Nc2ccc3nnccc3c2)ncc1C(=O)OCC. The van der Waals surface area contributed by atoms with Gasteiger partial charge in [-0.25, -0.2) is 9.78 Å². The number of esters is 1. The van der Waals surface area contributed by atoms with Crippen molar-refractivity contribution in [2.45, 2.75) is 20.3 Å². The Morgan fingerprint density at radius 3 is 2.92 bits per heavy atom. The third kappa shape index (κ3) is 4.02. The highest BCUT2D eigenvalue weighted by Crippen LogP contribution is 2.21. The Kier molecular flexibility index (Phi) is 5.52. The maximum Gasteiger partial charge on any atom is 0.343 e. The van der Waals surface area contributed by atoms with E-state index in [2.05, 4.69) is 30.8 Å². The van der Waals surface area contributed by atoms with Crippen molar-refractivity contribution in [1.29, 1.82) is 0 Å². The summed E-state index contributed by atoms with van der Waals surface area (Å²) in [4.78, 5) is 20.7. The predicted octanol–water partition coefficient (Wildman–Crippen LogP) is 3.16. The number of carbonyl (C=O) groups excluding carboxylic acids is 1. The number of hydrogen-bond acceptors (Lipinski definition) is 8. The Labute approximate surface area is 151 Å². The van der Waals surface area contributed by atoms with Gasteiger partial charge >= 0.3 is 5.97 Å². The molecule has 0 bridgehead atoms. The number of benzene rings is 1. The van der Waals surface area contributed by atoms with E-state index >= 15 is 0 Å². The van der Waals surface area contributed by atoms with Gasteiger partial charge in [0.25, 0.3) is 0 Å². The summed E-state index contributed by atoms with van der Waals surface area (Å²) in [5.74, 6) is 0.398. The van der Waals surface area contributed by atoms with Crippen LogP contribution in [0.4, 0.5) is 17.5 Å². The summed E-state index contributed by atoms with van der Waals surface area (Å²) in [5, 5.41) is 15.2. The molecule has 0 fully saturated rings. The Morgan fingerprint density at radius 1 is 1.23 bits per heavy atom. The summed E-state index contributed by atoms with van der Waals surface area (Å²) in [6, 6.07) is 7.56. The first-order valence-corrected chi connectivity index (χ1v) is 8.47. The number of ether oxygens (including phenoxy) is 1. The smallest absolute Gasteiger partial charge is 0.343 e. The highest BCUT2D eigenvalue weighted by atomic mass is 16.5. The van der Waals surface area contributed by atoms with Crippen LogP contribution in [0.5, 0.6) is 0 Å². The van der Waals surface area contributed by atoms with E-state index in [4.69, 9.17) is 4.74 Å². The molecule has 2 aromatic heterocycles.